The fraction of sp³-hybridized carbons (Fsp3) is 0.158. The monoisotopic (exact) mass is 368 g/mol. The van der Waals surface area contributed by atoms with E-state index in [4.69, 9.17) is 10.00 Å². The van der Waals surface area contributed by atoms with E-state index in [-0.39, 0.29) is 17.3 Å². The van der Waals surface area contributed by atoms with Gasteiger partial charge in [-0.3, -0.25) is 9.59 Å². The molecule has 0 saturated heterocycles. The molecule has 2 rings (SSSR count). The smallest absolute Gasteiger partial charge is 0.338 e. The molecule has 6 nitrogen and oxygen atoms in total. The Bertz CT molecular complexity index is 885. The first-order chi connectivity index (χ1) is 12.4. The maximum Gasteiger partial charge on any atom is 0.338 e. The number of nitrogens with zero attached hydrogens (tertiary/aromatic N) is 1. The zero-order valence-electron chi connectivity index (χ0n) is 14.2. The van der Waals surface area contributed by atoms with Crippen molar-refractivity contribution in [2.24, 2.45) is 0 Å². The lowest BCUT2D eigenvalue weighted by molar-refractivity contribution is -0.114. The van der Waals surface area contributed by atoms with E-state index in [2.05, 4.69) is 5.32 Å². The molecule has 132 valence electrons. The zero-order valence-corrected chi connectivity index (χ0v) is 15.1. The van der Waals surface area contributed by atoms with Gasteiger partial charge in [0, 0.05) is 17.4 Å². The van der Waals surface area contributed by atoms with Crippen LogP contribution in [0, 0.1) is 11.3 Å². The van der Waals surface area contributed by atoms with Gasteiger partial charge in [-0.25, -0.2) is 4.79 Å². The fourth-order valence-electron chi connectivity index (χ4n) is 2.15. The van der Waals surface area contributed by atoms with Gasteiger partial charge >= 0.3 is 5.97 Å². The summed E-state index contributed by atoms with van der Waals surface area (Å²) in [5, 5.41) is 11.4. The van der Waals surface area contributed by atoms with Crippen molar-refractivity contribution in [2.45, 2.75) is 11.8 Å². The Hall–Kier alpha value is -3.11. The van der Waals surface area contributed by atoms with Crippen molar-refractivity contribution in [3.05, 3.63) is 59.2 Å². The number of anilines is 1. The van der Waals surface area contributed by atoms with Gasteiger partial charge in [-0.2, -0.15) is 5.26 Å². The molecule has 0 aliphatic carbocycles. The quantitative estimate of drug-likeness (QED) is 0.477. The number of hydrogen-bond donors (Lipinski definition) is 1. The second-order valence-corrected chi connectivity index (χ2v) is 6.13. The molecule has 2 aromatic rings. The molecule has 0 unspecified atom stereocenters. The van der Waals surface area contributed by atoms with E-state index in [1.54, 1.807) is 18.2 Å². The Labute approximate surface area is 155 Å². The molecule has 0 saturated carbocycles. The van der Waals surface area contributed by atoms with Gasteiger partial charge in [-0.15, -0.1) is 11.8 Å². The number of esters is 1. The molecule has 1 amide bonds. The number of ether oxygens (including phenoxy) is 1. The van der Waals surface area contributed by atoms with E-state index in [0.29, 0.717) is 16.8 Å². The number of hydrogen-bond acceptors (Lipinski definition) is 6. The Kier molecular flexibility index (Phi) is 6.53. The van der Waals surface area contributed by atoms with Crippen molar-refractivity contribution < 1.29 is 19.1 Å². The second-order valence-electron chi connectivity index (χ2n) is 5.28. The van der Waals surface area contributed by atoms with Gasteiger partial charge < -0.3 is 10.1 Å². The third-order valence-corrected chi connectivity index (χ3v) is 4.21. The lowest BCUT2D eigenvalue weighted by Crippen LogP contribution is -2.15. The van der Waals surface area contributed by atoms with Crippen LogP contribution in [0.2, 0.25) is 0 Å². The highest BCUT2D eigenvalue weighted by Gasteiger charge is 2.14. The summed E-state index contributed by atoms with van der Waals surface area (Å²) >= 11 is 1.44. The van der Waals surface area contributed by atoms with E-state index >= 15 is 0 Å². The predicted octanol–water partition coefficient (Wildman–Crippen LogP) is 3.28. The van der Waals surface area contributed by atoms with Gasteiger partial charge in [0.15, 0.2) is 12.4 Å². The van der Waals surface area contributed by atoms with Crippen LogP contribution in [0.25, 0.3) is 0 Å². The molecule has 0 atom stereocenters. The Morgan fingerprint density at radius 1 is 1.12 bits per heavy atom. The number of carbonyl (C=O) groups is 3. The number of thioether (sulfide) groups is 1. The summed E-state index contributed by atoms with van der Waals surface area (Å²) in [7, 11) is 0. The first-order valence-corrected chi connectivity index (χ1v) is 8.83. The number of nitrogens with one attached hydrogen (secondary N) is 1. The molecule has 0 aliphatic rings. The van der Waals surface area contributed by atoms with Gasteiger partial charge in [0.25, 0.3) is 0 Å². The highest BCUT2D eigenvalue weighted by atomic mass is 32.2. The lowest BCUT2D eigenvalue weighted by atomic mass is 10.1. The summed E-state index contributed by atoms with van der Waals surface area (Å²) in [5.41, 5.74) is 1.55. The van der Waals surface area contributed by atoms with Gasteiger partial charge in [0.05, 0.1) is 22.9 Å². The minimum atomic E-state index is -0.648. The normalized spacial score (nSPS) is 9.88. The Morgan fingerprint density at radius 2 is 1.77 bits per heavy atom. The van der Waals surface area contributed by atoms with Crippen molar-refractivity contribution in [2.75, 3.05) is 18.2 Å². The van der Waals surface area contributed by atoms with Gasteiger partial charge in [0.2, 0.25) is 5.91 Å². The van der Waals surface area contributed by atoms with Crippen LogP contribution in [0.5, 0.6) is 0 Å². The van der Waals surface area contributed by atoms with Crippen LogP contribution < -0.4 is 5.32 Å². The molecule has 0 radical (unpaired) electrons. The number of Topliss-reactive ketones (excluding diaryl/α,β-unsaturated/α-hetero) is 1. The summed E-state index contributed by atoms with van der Waals surface area (Å²) in [6, 6.07) is 12.8. The molecule has 0 heterocycles. The minimum absolute atomic E-state index is 0.239. The molecule has 0 bridgehead atoms. The van der Waals surface area contributed by atoms with Crippen molar-refractivity contribution in [3.63, 3.8) is 0 Å². The van der Waals surface area contributed by atoms with Crippen LogP contribution in [0.3, 0.4) is 0 Å². The van der Waals surface area contributed by atoms with E-state index in [1.807, 2.05) is 12.3 Å². The number of carbonyl (C=O) groups excluding carboxylic acids is 3. The molecule has 2 aromatic carbocycles. The molecule has 0 aromatic heterocycles. The molecule has 0 fully saturated rings. The van der Waals surface area contributed by atoms with Crippen molar-refractivity contribution in [1.82, 2.24) is 0 Å². The summed E-state index contributed by atoms with van der Waals surface area (Å²) < 4.78 is 5.03. The highest BCUT2D eigenvalue weighted by Crippen LogP contribution is 2.26. The van der Waals surface area contributed by atoms with E-state index in [1.165, 1.54) is 43.0 Å². The molecule has 0 aliphatic heterocycles. The SMILES string of the molecule is CSc1ccc(C(=O)COC(=O)c2ccc(C#N)cc2)cc1NC(C)=O. The maximum absolute atomic E-state index is 12.3. The Morgan fingerprint density at radius 3 is 2.35 bits per heavy atom. The van der Waals surface area contributed by atoms with Crippen molar-refractivity contribution in [1.29, 1.82) is 5.26 Å². The van der Waals surface area contributed by atoms with Gasteiger partial charge in [-0.05, 0) is 42.7 Å². The van der Waals surface area contributed by atoms with E-state index in [0.717, 1.165) is 4.90 Å². The molecule has 7 heteroatoms. The van der Waals surface area contributed by atoms with Crippen LogP contribution in [0.1, 0.15) is 33.2 Å². The molecule has 26 heavy (non-hydrogen) atoms. The minimum Gasteiger partial charge on any atom is -0.454 e. The maximum atomic E-state index is 12.3. The molecule has 0 spiro atoms. The average Bonchev–Trinajstić information content (AvgIpc) is 2.65. The average molecular weight is 368 g/mol. The first kappa shape index (κ1) is 19.2. The predicted molar refractivity (Wildman–Crippen MR) is 98.3 cm³/mol. The number of nitriles is 1. The molecule has 1 N–H and O–H groups in total. The summed E-state index contributed by atoms with van der Waals surface area (Å²) in [6.45, 7) is 0.967. The lowest BCUT2D eigenvalue weighted by Gasteiger charge is -2.10. The highest BCUT2D eigenvalue weighted by molar-refractivity contribution is 7.98. The third-order valence-electron chi connectivity index (χ3n) is 3.42. The number of ketones is 1. The standard InChI is InChI=1S/C19H16N2O4S/c1-12(22)21-16-9-15(7-8-18(16)26-2)17(23)11-25-19(24)14-5-3-13(10-20)4-6-14/h3-9H,11H2,1-2H3,(H,21,22). The van der Waals surface area contributed by atoms with Crippen molar-refractivity contribution in [3.8, 4) is 6.07 Å². The number of benzene rings is 2. The van der Waals surface area contributed by atoms with Crippen LogP contribution in [0.4, 0.5) is 5.69 Å². The van der Waals surface area contributed by atoms with Crippen LogP contribution in [0.15, 0.2) is 47.4 Å². The van der Waals surface area contributed by atoms with Gasteiger partial charge in [0.1, 0.15) is 0 Å². The summed E-state index contributed by atoms with van der Waals surface area (Å²) in [4.78, 5) is 36.4. The largest absolute Gasteiger partial charge is 0.454 e. The summed E-state index contributed by atoms with van der Waals surface area (Å²) in [6.07, 6.45) is 1.86. The Balaban J connectivity index is 2.06. The summed E-state index contributed by atoms with van der Waals surface area (Å²) in [5.74, 6) is -1.27. The fourth-order valence-corrected chi connectivity index (χ4v) is 2.68. The number of rotatable bonds is 6. The first-order valence-electron chi connectivity index (χ1n) is 7.60. The second kappa shape index (κ2) is 8.83. The zero-order chi connectivity index (χ0) is 19.1. The van der Waals surface area contributed by atoms with Crippen LogP contribution in [-0.2, 0) is 9.53 Å². The topological polar surface area (TPSA) is 96.3 Å². The van der Waals surface area contributed by atoms with Crippen LogP contribution in [-0.4, -0.2) is 30.5 Å². The van der Waals surface area contributed by atoms with E-state index in [9.17, 15) is 14.4 Å². The number of amides is 1. The van der Waals surface area contributed by atoms with Crippen LogP contribution >= 0.6 is 11.8 Å². The van der Waals surface area contributed by atoms with E-state index < -0.39 is 12.6 Å². The third kappa shape index (κ3) is 4.94. The molecular formula is C19H16N2O4S. The van der Waals surface area contributed by atoms with Gasteiger partial charge in [-0.1, -0.05) is 6.07 Å². The molecular weight excluding hydrogens is 352 g/mol. The van der Waals surface area contributed by atoms with Crippen molar-refractivity contribution >= 4 is 35.1 Å².